The van der Waals surface area contributed by atoms with E-state index < -0.39 is 11.6 Å². The molecule has 176 valence electrons. The minimum atomic E-state index is -0.949. The van der Waals surface area contributed by atoms with Crippen LogP contribution in [0.4, 0.5) is 0 Å². The predicted octanol–water partition coefficient (Wildman–Crippen LogP) is 6.16. The maximum absolute atomic E-state index is 13.4. The van der Waals surface area contributed by atoms with Crippen LogP contribution in [0.5, 0.6) is 5.75 Å². The Morgan fingerprint density at radius 2 is 1.85 bits per heavy atom. The van der Waals surface area contributed by atoms with Crippen LogP contribution in [0.3, 0.4) is 0 Å². The molecular formula is C27H25BrClNO4. The van der Waals surface area contributed by atoms with E-state index in [1.807, 2.05) is 36.4 Å². The van der Waals surface area contributed by atoms with Gasteiger partial charge in [0.2, 0.25) is 0 Å². The number of hydrogen-bond donors (Lipinski definition) is 1. The summed E-state index contributed by atoms with van der Waals surface area (Å²) >= 11 is 9.56. The lowest BCUT2D eigenvalue weighted by molar-refractivity contribution is -0.137. The van der Waals surface area contributed by atoms with Gasteiger partial charge < -0.3 is 14.7 Å². The molecule has 0 radical (unpaired) electrons. The number of ether oxygens (including phenoxy) is 1. The van der Waals surface area contributed by atoms with Gasteiger partial charge in [-0.1, -0.05) is 51.8 Å². The summed E-state index contributed by atoms with van der Waals surface area (Å²) in [6.45, 7) is 2.46. The lowest BCUT2D eigenvalue weighted by atomic mass is 9.91. The average Bonchev–Trinajstić information content (AvgIpc) is 3.12. The molecule has 1 N–H and O–H groups in total. The number of halogens is 2. The summed E-state index contributed by atoms with van der Waals surface area (Å²) in [7, 11) is 0. The quantitative estimate of drug-likeness (QED) is 0.370. The summed E-state index contributed by atoms with van der Waals surface area (Å²) in [5.74, 6) is -0.386. The number of fused-ring (bicyclic) bond motifs is 1. The number of benzene rings is 3. The highest BCUT2D eigenvalue weighted by atomic mass is 79.9. The molecule has 1 aliphatic heterocycles. The van der Waals surface area contributed by atoms with Crippen molar-refractivity contribution >= 4 is 39.4 Å². The van der Waals surface area contributed by atoms with Crippen molar-refractivity contribution in [3.05, 3.63) is 98.5 Å². The molecule has 0 saturated carbocycles. The van der Waals surface area contributed by atoms with Crippen LogP contribution in [0.2, 0.25) is 5.02 Å². The normalized spacial score (nSPS) is 16.6. The molecule has 4 rings (SSSR count). The molecule has 5 nitrogen and oxygen atoms in total. The molecule has 34 heavy (non-hydrogen) atoms. The second kappa shape index (κ2) is 10.2. The summed E-state index contributed by atoms with van der Waals surface area (Å²) in [6, 6.07) is 20.9. The molecule has 0 spiro atoms. The van der Waals surface area contributed by atoms with Crippen molar-refractivity contribution < 1.29 is 19.4 Å². The first-order chi connectivity index (χ1) is 16.2. The van der Waals surface area contributed by atoms with E-state index in [0.29, 0.717) is 17.0 Å². The molecule has 1 aliphatic rings. The monoisotopic (exact) mass is 541 g/mol. The van der Waals surface area contributed by atoms with E-state index in [-0.39, 0.29) is 25.4 Å². The summed E-state index contributed by atoms with van der Waals surface area (Å²) in [5, 5.41) is 9.74. The molecule has 7 heteroatoms. The summed E-state index contributed by atoms with van der Waals surface area (Å²) in [6.07, 6.45) is 1.30. The van der Waals surface area contributed by atoms with Crippen molar-refractivity contribution in [2.45, 2.75) is 38.3 Å². The van der Waals surface area contributed by atoms with Gasteiger partial charge in [0.1, 0.15) is 11.4 Å². The Bertz CT molecular complexity index is 1210. The van der Waals surface area contributed by atoms with Gasteiger partial charge in [0, 0.05) is 41.0 Å². The van der Waals surface area contributed by atoms with Crippen LogP contribution in [0, 0.1) is 0 Å². The SMILES string of the molecule is CC1(Cc2ccc(Br)cc2)Cc2cc(C(=O)N(CCC(=O)O)Cc3cccc(Cl)c3)ccc2O1. The molecule has 0 fully saturated rings. The topological polar surface area (TPSA) is 66.8 Å². The second-order valence-electron chi connectivity index (χ2n) is 8.85. The molecule has 0 aromatic heterocycles. The van der Waals surface area contributed by atoms with E-state index in [2.05, 4.69) is 35.0 Å². The van der Waals surface area contributed by atoms with Crippen LogP contribution in [0.15, 0.2) is 71.2 Å². The zero-order chi connectivity index (χ0) is 24.3. The Balaban J connectivity index is 1.52. The van der Waals surface area contributed by atoms with Crippen LogP contribution in [-0.2, 0) is 24.2 Å². The zero-order valence-electron chi connectivity index (χ0n) is 18.8. The first-order valence-corrected chi connectivity index (χ1v) is 12.2. The lowest BCUT2D eigenvalue weighted by Gasteiger charge is -2.24. The minimum Gasteiger partial charge on any atom is -0.487 e. The van der Waals surface area contributed by atoms with E-state index in [4.69, 9.17) is 21.4 Å². The average molecular weight is 543 g/mol. The van der Waals surface area contributed by atoms with Crippen molar-refractivity contribution in [3.63, 3.8) is 0 Å². The molecule has 0 bridgehead atoms. The van der Waals surface area contributed by atoms with E-state index in [0.717, 1.165) is 27.8 Å². The number of amides is 1. The van der Waals surface area contributed by atoms with Crippen LogP contribution in [0.1, 0.15) is 40.4 Å². The fourth-order valence-electron chi connectivity index (χ4n) is 4.31. The highest BCUT2D eigenvalue weighted by Crippen LogP contribution is 2.38. The van der Waals surface area contributed by atoms with Gasteiger partial charge in [-0.3, -0.25) is 9.59 Å². The Kier molecular flexibility index (Phi) is 7.29. The third-order valence-corrected chi connectivity index (χ3v) is 6.63. The van der Waals surface area contributed by atoms with E-state index in [1.165, 1.54) is 5.56 Å². The minimum absolute atomic E-state index is 0.107. The zero-order valence-corrected chi connectivity index (χ0v) is 21.1. The molecule has 1 atom stereocenters. The van der Waals surface area contributed by atoms with Crippen LogP contribution >= 0.6 is 27.5 Å². The van der Waals surface area contributed by atoms with E-state index in [1.54, 1.807) is 23.1 Å². The molecule has 1 unspecified atom stereocenters. The van der Waals surface area contributed by atoms with E-state index in [9.17, 15) is 9.59 Å². The third kappa shape index (κ3) is 5.99. The van der Waals surface area contributed by atoms with Gasteiger partial charge >= 0.3 is 5.97 Å². The highest BCUT2D eigenvalue weighted by molar-refractivity contribution is 9.10. The lowest BCUT2D eigenvalue weighted by Crippen LogP contribution is -2.33. The number of carbonyl (C=O) groups excluding carboxylic acids is 1. The molecule has 1 amide bonds. The van der Waals surface area contributed by atoms with Crippen molar-refractivity contribution in [2.24, 2.45) is 0 Å². The summed E-state index contributed by atoms with van der Waals surface area (Å²) < 4.78 is 7.32. The Morgan fingerprint density at radius 3 is 2.56 bits per heavy atom. The van der Waals surface area contributed by atoms with Gasteiger partial charge in [-0.25, -0.2) is 0 Å². The predicted molar refractivity (Wildman–Crippen MR) is 135 cm³/mol. The first-order valence-electron chi connectivity index (χ1n) is 11.0. The van der Waals surface area contributed by atoms with Crippen LogP contribution < -0.4 is 4.74 Å². The Hall–Kier alpha value is -2.83. The van der Waals surface area contributed by atoms with Crippen molar-refractivity contribution in [1.29, 1.82) is 0 Å². The van der Waals surface area contributed by atoms with Gasteiger partial charge in [-0.15, -0.1) is 0 Å². The number of rotatable bonds is 8. The first kappa shape index (κ1) is 24.3. The molecule has 3 aromatic carbocycles. The molecule has 0 aliphatic carbocycles. The fraction of sp³-hybridized carbons (Fsp3) is 0.259. The number of nitrogens with zero attached hydrogens (tertiary/aromatic N) is 1. The molecule has 3 aromatic rings. The van der Waals surface area contributed by atoms with E-state index >= 15 is 0 Å². The van der Waals surface area contributed by atoms with Crippen molar-refractivity contribution in [1.82, 2.24) is 4.90 Å². The maximum atomic E-state index is 13.4. The smallest absolute Gasteiger partial charge is 0.305 e. The standard InChI is InChI=1S/C27H25BrClNO4/c1-27(15-18-5-8-22(28)9-6-18)16-21-14-20(7-10-24(21)34-27)26(33)30(12-11-25(31)32)17-19-3-2-4-23(29)13-19/h2-10,13-14H,11-12,15-17H2,1H3,(H,31,32). The Morgan fingerprint density at radius 1 is 1.09 bits per heavy atom. The summed E-state index contributed by atoms with van der Waals surface area (Å²) in [5.41, 5.74) is 3.12. The van der Waals surface area contributed by atoms with Gasteiger partial charge in [0.25, 0.3) is 5.91 Å². The van der Waals surface area contributed by atoms with Gasteiger partial charge in [0.15, 0.2) is 0 Å². The van der Waals surface area contributed by atoms with Crippen LogP contribution in [0.25, 0.3) is 0 Å². The Labute approximate surface area is 212 Å². The number of carboxylic acid groups (broad SMARTS) is 1. The highest BCUT2D eigenvalue weighted by Gasteiger charge is 2.35. The number of carbonyl (C=O) groups is 2. The van der Waals surface area contributed by atoms with Crippen molar-refractivity contribution in [2.75, 3.05) is 6.54 Å². The van der Waals surface area contributed by atoms with Gasteiger partial charge in [0.05, 0.1) is 6.42 Å². The van der Waals surface area contributed by atoms with Gasteiger partial charge in [-0.05, 0) is 66.1 Å². The number of hydrogen-bond acceptors (Lipinski definition) is 3. The van der Waals surface area contributed by atoms with Crippen molar-refractivity contribution in [3.8, 4) is 5.75 Å². The largest absolute Gasteiger partial charge is 0.487 e. The van der Waals surface area contributed by atoms with Crippen LogP contribution in [-0.4, -0.2) is 34.0 Å². The third-order valence-electron chi connectivity index (χ3n) is 5.86. The molecule has 1 heterocycles. The fourth-order valence-corrected chi connectivity index (χ4v) is 4.79. The molecule has 0 saturated heterocycles. The summed E-state index contributed by atoms with van der Waals surface area (Å²) in [4.78, 5) is 26.1. The molecular weight excluding hydrogens is 518 g/mol. The second-order valence-corrected chi connectivity index (χ2v) is 10.2. The van der Waals surface area contributed by atoms with Gasteiger partial charge in [-0.2, -0.15) is 0 Å². The number of aliphatic carboxylic acids is 1. The maximum Gasteiger partial charge on any atom is 0.305 e. The number of carboxylic acids is 1.